The molecule has 90 valence electrons. The van der Waals surface area contributed by atoms with Gasteiger partial charge < -0.3 is 9.47 Å². The van der Waals surface area contributed by atoms with Crippen LogP contribution in [0, 0.1) is 5.92 Å². The lowest BCUT2D eigenvalue weighted by Crippen LogP contribution is -2.25. The lowest BCUT2D eigenvalue weighted by molar-refractivity contribution is -0.158. The maximum atomic E-state index is 11.3. The van der Waals surface area contributed by atoms with Crippen molar-refractivity contribution in [2.45, 2.75) is 20.3 Å². The second-order valence-corrected chi connectivity index (χ2v) is 3.51. The predicted molar refractivity (Wildman–Crippen MR) is 60.7 cm³/mol. The van der Waals surface area contributed by atoms with Crippen LogP contribution >= 0.6 is 0 Å². The molecule has 0 atom stereocenters. The summed E-state index contributed by atoms with van der Waals surface area (Å²) in [5.41, 5.74) is 1.14. The molecule has 4 nitrogen and oxygen atoms in total. The summed E-state index contributed by atoms with van der Waals surface area (Å²) >= 11 is 0. The fourth-order valence-corrected chi connectivity index (χ4v) is 1.05. The lowest BCUT2D eigenvalue weighted by Gasteiger charge is -2.09. The molecule has 0 aromatic rings. The zero-order valence-electron chi connectivity index (χ0n) is 10.1. The molecule has 0 heterocycles. The van der Waals surface area contributed by atoms with Gasteiger partial charge in [0.1, 0.15) is 0 Å². The number of allylic oxidation sites excluding steroid dienone is 4. The molecule has 0 fully saturated rings. The van der Waals surface area contributed by atoms with Crippen LogP contribution in [0.5, 0.6) is 0 Å². The van der Waals surface area contributed by atoms with E-state index in [1.807, 2.05) is 19.9 Å². The van der Waals surface area contributed by atoms with Gasteiger partial charge in [-0.15, -0.1) is 0 Å². The molecule has 16 heavy (non-hydrogen) atoms. The number of hydrogen-bond donors (Lipinski definition) is 0. The molecule has 0 aromatic heterocycles. The lowest BCUT2D eigenvalue weighted by atomic mass is 10.1. The highest BCUT2D eigenvalue weighted by molar-refractivity contribution is 5.94. The first-order valence-corrected chi connectivity index (χ1v) is 4.98. The Balaban J connectivity index is 4.45. The molecule has 4 heteroatoms. The largest absolute Gasteiger partial charge is 0.468 e. The van der Waals surface area contributed by atoms with Crippen LogP contribution in [0.3, 0.4) is 0 Å². The summed E-state index contributed by atoms with van der Waals surface area (Å²) in [5, 5.41) is 0. The Morgan fingerprint density at radius 1 is 1.12 bits per heavy atom. The van der Waals surface area contributed by atoms with Gasteiger partial charge in [0, 0.05) is 0 Å². The van der Waals surface area contributed by atoms with E-state index < -0.39 is 17.9 Å². The number of methoxy groups -OCH3 is 2. The highest BCUT2D eigenvalue weighted by atomic mass is 16.5. The summed E-state index contributed by atoms with van der Waals surface area (Å²) in [4.78, 5) is 22.5. The van der Waals surface area contributed by atoms with Crippen LogP contribution in [-0.2, 0) is 19.1 Å². The Morgan fingerprint density at radius 3 is 2.00 bits per heavy atom. The van der Waals surface area contributed by atoms with Crippen LogP contribution in [0.2, 0.25) is 0 Å². The quantitative estimate of drug-likeness (QED) is 0.408. The number of esters is 2. The fraction of sp³-hybridized carbons (Fsp3) is 0.500. The Labute approximate surface area is 95.9 Å². The van der Waals surface area contributed by atoms with Crippen molar-refractivity contribution in [3.63, 3.8) is 0 Å². The van der Waals surface area contributed by atoms with Gasteiger partial charge in [0.15, 0.2) is 5.92 Å². The van der Waals surface area contributed by atoms with Gasteiger partial charge in [-0.1, -0.05) is 23.8 Å². The molecule has 0 bridgehead atoms. The highest BCUT2D eigenvalue weighted by Gasteiger charge is 2.26. The van der Waals surface area contributed by atoms with E-state index in [2.05, 4.69) is 9.47 Å². The van der Waals surface area contributed by atoms with Gasteiger partial charge in [-0.25, -0.2) is 0 Å². The second kappa shape index (κ2) is 7.68. The number of carbonyl (C=O) groups excluding carboxylic acids is 2. The SMILES string of the molecule is COC(=O)C(C/C=C/C=C(C)C)C(=O)OC. The minimum Gasteiger partial charge on any atom is -0.468 e. The Hall–Kier alpha value is -1.58. The first-order chi connectivity index (χ1) is 7.52. The van der Waals surface area contributed by atoms with Crippen molar-refractivity contribution in [2.24, 2.45) is 5.92 Å². The molecule has 0 unspecified atom stereocenters. The smallest absolute Gasteiger partial charge is 0.320 e. The molecule has 0 aliphatic heterocycles. The monoisotopic (exact) mass is 226 g/mol. The van der Waals surface area contributed by atoms with Crippen LogP contribution in [0.4, 0.5) is 0 Å². The molecule has 0 amide bonds. The molecule has 0 N–H and O–H groups in total. The zero-order chi connectivity index (χ0) is 12.6. The van der Waals surface area contributed by atoms with Crippen molar-refractivity contribution in [3.8, 4) is 0 Å². The van der Waals surface area contributed by atoms with Crippen molar-refractivity contribution in [2.75, 3.05) is 14.2 Å². The van der Waals surface area contributed by atoms with Gasteiger partial charge in [-0.3, -0.25) is 9.59 Å². The molecular weight excluding hydrogens is 208 g/mol. The Morgan fingerprint density at radius 2 is 1.62 bits per heavy atom. The van der Waals surface area contributed by atoms with Crippen molar-refractivity contribution in [3.05, 3.63) is 23.8 Å². The van der Waals surface area contributed by atoms with Gasteiger partial charge in [0.25, 0.3) is 0 Å². The normalized spacial score (nSPS) is 10.3. The van der Waals surface area contributed by atoms with Crippen molar-refractivity contribution >= 4 is 11.9 Å². The van der Waals surface area contributed by atoms with Crippen molar-refractivity contribution in [1.82, 2.24) is 0 Å². The summed E-state index contributed by atoms with van der Waals surface area (Å²) in [6.45, 7) is 3.92. The summed E-state index contributed by atoms with van der Waals surface area (Å²) in [7, 11) is 2.50. The van der Waals surface area contributed by atoms with Gasteiger partial charge in [-0.2, -0.15) is 0 Å². The zero-order valence-corrected chi connectivity index (χ0v) is 10.1. The third-order valence-corrected chi connectivity index (χ3v) is 1.91. The summed E-state index contributed by atoms with van der Waals surface area (Å²) in [5.74, 6) is -2.03. The van der Waals surface area contributed by atoms with Gasteiger partial charge in [0.2, 0.25) is 0 Å². The molecular formula is C12H18O4. The minimum atomic E-state index is -0.878. The maximum absolute atomic E-state index is 11.3. The van der Waals surface area contributed by atoms with Gasteiger partial charge >= 0.3 is 11.9 Å². The predicted octanol–water partition coefficient (Wildman–Crippen LogP) is 1.86. The molecule has 0 saturated heterocycles. The van der Waals surface area contributed by atoms with E-state index in [-0.39, 0.29) is 6.42 Å². The van der Waals surface area contributed by atoms with Gasteiger partial charge in [0.05, 0.1) is 14.2 Å². The molecule has 0 rings (SSSR count). The first-order valence-electron chi connectivity index (χ1n) is 4.98. The molecule has 0 radical (unpaired) electrons. The van der Waals surface area contributed by atoms with E-state index in [1.165, 1.54) is 14.2 Å². The maximum Gasteiger partial charge on any atom is 0.320 e. The molecule has 0 aliphatic rings. The number of carbonyl (C=O) groups is 2. The standard InChI is InChI=1S/C12H18O4/c1-9(2)7-5-6-8-10(11(13)15-3)12(14)16-4/h5-7,10H,8H2,1-4H3/b6-5+. The third-order valence-electron chi connectivity index (χ3n) is 1.91. The minimum absolute atomic E-state index is 0.281. The Bertz CT molecular complexity index is 282. The first kappa shape index (κ1) is 14.4. The number of hydrogen-bond acceptors (Lipinski definition) is 4. The third kappa shape index (κ3) is 5.34. The molecule has 0 aliphatic carbocycles. The van der Waals surface area contributed by atoms with Crippen LogP contribution in [0.25, 0.3) is 0 Å². The molecule has 0 saturated carbocycles. The molecule has 0 spiro atoms. The highest BCUT2D eigenvalue weighted by Crippen LogP contribution is 2.09. The van der Waals surface area contributed by atoms with Crippen LogP contribution in [0.15, 0.2) is 23.8 Å². The van der Waals surface area contributed by atoms with Gasteiger partial charge in [-0.05, 0) is 20.3 Å². The average molecular weight is 226 g/mol. The van der Waals surface area contributed by atoms with Crippen LogP contribution in [0.1, 0.15) is 20.3 Å². The summed E-state index contributed by atoms with van der Waals surface area (Å²) < 4.78 is 9.05. The molecule has 0 aromatic carbocycles. The van der Waals surface area contributed by atoms with E-state index in [0.29, 0.717) is 0 Å². The Kier molecular flexibility index (Phi) is 6.92. The second-order valence-electron chi connectivity index (χ2n) is 3.51. The fourth-order valence-electron chi connectivity index (χ4n) is 1.05. The van der Waals surface area contributed by atoms with Crippen LogP contribution in [-0.4, -0.2) is 26.2 Å². The van der Waals surface area contributed by atoms with E-state index in [1.54, 1.807) is 12.2 Å². The number of rotatable bonds is 5. The van der Waals surface area contributed by atoms with E-state index in [0.717, 1.165) is 5.57 Å². The number of ether oxygens (including phenoxy) is 2. The van der Waals surface area contributed by atoms with Crippen molar-refractivity contribution < 1.29 is 19.1 Å². The average Bonchev–Trinajstić information content (AvgIpc) is 2.27. The van der Waals surface area contributed by atoms with E-state index >= 15 is 0 Å². The topological polar surface area (TPSA) is 52.6 Å². The van der Waals surface area contributed by atoms with E-state index in [4.69, 9.17) is 0 Å². The summed E-state index contributed by atoms with van der Waals surface area (Å²) in [6, 6.07) is 0. The summed E-state index contributed by atoms with van der Waals surface area (Å²) in [6.07, 6.45) is 5.72. The van der Waals surface area contributed by atoms with E-state index in [9.17, 15) is 9.59 Å². The van der Waals surface area contributed by atoms with Crippen LogP contribution < -0.4 is 0 Å². The van der Waals surface area contributed by atoms with Crippen molar-refractivity contribution in [1.29, 1.82) is 0 Å².